The van der Waals surface area contributed by atoms with Gasteiger partial charge in [0.1, 0.15) is 13.1 Å². The number of amides is 4. The molecule has 0 aromatic heterocycles. The molecule has 12 nitrogen and oxygen atoms in total. The third kappa shape index (κ3) is 26.4. The molecule has 4 amide bonds. The van der Waals surface area contributed by atoms with E-state index in [0.29, 0.717) is 32.7 Å². The molecule has 0 aliphatic carbocycles. The van der Waals surface area contributed by atoms with Crippen LogP contribution in [0.3, 0.4) is 0 Å². The van der Waals surface area contributed by atoms with Crippen LogP contribution < -0.4 is 21.3 Å². The number of unbranched alkanes of at least 4 members (excludes halogenated alkanes) is 9. The van der Waals surface area contributed by atoms with Crippen molar-refractivity contribution in [3.8, 4) is 0 Å². The lowest BCUT2D eigenvalue weighted by Gasteiger charge is -2.38. The van der Waals surface area contributed by atoms with E-state index in [9.17, 15) is 19.2 Å². The molecule has 47 heavy (non-hydrogen) atoms. The number of hydrogen-bond donors (Lipinski definition) is 4. The minimum absolute atomic E-state index is 0.0823. The van der Waals surface area contributed by atoms with Crippen molar-refractivity contribution in [3.05, 3.63) is 0 Å². The third-order valence-corrected chi connectivity index (χ3v) is 8.62. The van der Waals surface area contributed by atoms with Crippen molar-refractivity contribution in [2.75, 3.05) is 135 Å². The van der Waals surface area contributed by atoms with Crippen molar-refractivity contribution < 1.29 is 37.1 Å². The number of carbonyl (C=O) groups is 4. The van der Waals surface area contributed by atoms with E-state index in [1.807, 2.05) is 14.1 Å². The molecular weight excluding hydrogens is 596 g/mol. The Labute approximate surface area is 288 Å². The van der Waals surface area contributed by atoms with Gasteiger partial charge in [0.05, 0.1) is 82.6 Å². The first-order valence-electron chi connectivity index (χ1n) is 18.1. The van der Waals surface area contributed by atoms with E-state index in [2.05, 4.69) is 70.5 Å². The fourth-order valence-electron chi connectivity index (χ4n) is 5.45. The van der Waals surface area contributed by atoms with Crippen molar-refractivity contribution in [2.24, 2.45) is 0 Å². The average molecular weight is 673 g/mol. The highest BCUT2D eigenvalue weighted by Gasteiger charge is 2.35. The van der Waals surface area contributed by atoms with Gasteiger partial charge in [-0.15, -0.1) is 0 Å². The maximum Gasteiger partial charge on any atom is 0.275 e. The molecule has 0 radical (unpaired) electrons. The summed E-state index contributed by atoms with van der Waals surface area (Å²) in [6, 6.07) is 0. The summed E-state index contributed by atoms with van der Waals surface area (Å²) < 4.78 is 1.83. The first-order chi connectivity index (χ1) is 21.8. The normalized spacial score (nSPS) is 14.5. The van der Waals surface area contributed by atoms with Crippen molar-refractivity contribution in [1.82, 2.24) is 21.3 Å². The Hall–Kier alpha value is -2.28. The van der Waals surface area contributed by atoms with Crippen LogP contribution in [0.25, 0.3) is 0 Å². The van der Waals surface area contributed by atoms with Crippen LogP contribution in [0.4, 0.5) is 0 Å². The number of hydrogen-bond acceptors (Lipinski definition) is 4. The van der Waals surface area contributed by atoms with E-state index in [1.165, 1.54) is 51.4 Å². The van der Waals surface area contributed by atoms with Crippen LogP contribution in [0.2, 0.25) is 0 Å². The molecule has 0 aliphatic heterocycles. The van der Waals surface area contributed by atoms with Crippen molar-refractivity contribution in [3.63, 3.8) is 0 Å². The monoisotopic (exact) mass is 673 g/mol. The van der Waals surface area contributed by atoms with Gasteiger partial charge in [0.15, 0.2) is 26.2 Å². The first-order valence-corrected chi connectivity index (χ1v) is 18.1. The summed E-state index contributed by atoms with van der Waals surface area (Å²) in [5, 5.41) is 11.8. The minimum Gasteiger partial charge on any atom is -0.354 e. The molecule has 0 fully saturated rings. The summed E-state index contributed by atoms with van der Waals surface area (Å²) in [6.07, 6.45) is 12.4. The number of quaternary nitrogens is 4. The number of nitrogens with one attached hydrogen (secondary N) is 4. The second-order valence-electron chi connectivity index (χ2n) is 16.3. The Balaban J connectivity index is 5.32. The van der Waals surface area contributed by atoms with Gasteiger partial charge in [0.25, 0.3) is 23.6 Å². The summed E-state index contributed by atoms with van der Waals surface area (Å²) in [4.78, 5) is 51.8. The van der Waals surface area contributed by atoms with Gasteiger partial charge in [-0.25, -0.2) is 0 Å². The van der Waals surface area contributed by atoms with Gasteiger partial charge in [0.2, 0.25) is 0 Å². The number of nitrogens with zero attached hydrogens (tertiary/aromatic N) is 4. The molecule has 0 aliphatic rings. The lowest BCUT2D eigenvalue weighted by atomic mass is 10.1. The van der Waals surface area contributed by atoms with Crippen LogP contribution in [0.15, 0.2) is 0 Å². The van der Waals surface area contributed by atoms with E-state index in [1.54, 1.807) is 7.05 Å². The zero-order valence-electron chi connectivity index (χ0n) is 32.3. The smallest absolute Gasteiger partial charge is 0.275 e. The SMILES string of the molecule is CCCCCCCCCCCCNC(=O)C[N+](C)(CC[N+](C)(CC(=O)NC)CC(=O)NCC[N+](C)(C)C)CC(=O)NCC[N+](C)(C)C. The maximum absolute atomic E-state index is 13.2. The molecule has 2 atom stereocenters. The van der Waals surface area contributed by atoms with E-state index < -0.39 is 0 Å². The summed E-state index contributed by atoms with van der Waals surface area (Å²) in [5.41, 5.74) is 0. The van der Waals surface area contributed by atoms with Crippen LogP contribution in [0.5, 0.6) is 0 Å². The number of rotatable bonds is 28. The summed E-state index contributed by atoms with van der Waals surface area (Å²) in [7, 11) is 17.9. The van der Waals surface area contributed by atoms with Gasteiger partial charge in [-0.2, -0.15) is 0 Å². The molecule has 0 spiro atoms. The van der Waals surface area contributed by atoms with Crippen molar-refractivity contribution >= 4 is 23.6 Å². The molecule has 276 valence electrons. The predicted octanol–water partition coefficient (Wildman–Crippen LogP) is 1.31. The Morgan fingerprint density at radius 2 is 0.745 bits per heavy atom. The van der Waals surface area contributed by atoms with Crippen LogP contribution in [0.1, 0.15) is 71.1 Å². The van der Waals surface area contributed by atoms with E-state index >= 15 is 0 Å². The highest BCUT2D eigenvalue weighted by molar-refractivity contribution is 5.80. The molecular formula is C35H76N8O4+4. The van der Waals surface area contributed by atoms with E-state index in [0.717, 1.165) is 34.9 Å². The van der Waals surface area contributed by atoms with Crippen LogP contribution in [-0.2, 0) is 19.2 Å². The molecule has 0 bridgehead atoms. The predicted molar refractivity (Wildman–Crippen MR) is 192 cm³/mol. The van der Waals surface area contributed by atoms with Gasteiger partial charge in [-0.05, 0) is 6.42 Å². The molecule has 0 heterocycles. The van der Waals surface area contributed by atoms with Gasteiger partial charge in [-0.3, -0.25) is 19.2 Å². The van der Waals surface area contributed by atoms with Crippen molar-refractivity contribution in [1.29, 1.82) is 0 Å². The molecule has 0 aromatic rings. The van der Waals surface area contributed by atoms with Gasteiger partial charge >= 0.3 is 0 Å². The van der Waals surface area contributed by atoms with Crippen LogP contribution in [0, 0.1) is 0 Å². The first kappa shape index (κ1) is 44.7. The van der Waals surface area contributed by atoms with E-state index in [-0.39, 0.29) is 58.8 Å². The van der Waals surface area contributed by atoms with Crippen LogP contribution in [-0.4, -0.2) is 177 Å². The highest BCUT2D eigenvalue weighted by Crippen LogP contribution is 2.11. The molecule has 12 heteroatoms. The molecule has 0 rings (SSSR count). The second-order valence-corrected chi connectivity index (χ2v) is 16.3. The summed E-state index contributed by atoms with van der Waals surface area (Å²) in [6.45, 7) is 6.98. The van der Waals surface area contributed by atoms with Gasteiger partial charge < -0.3 is 39.2 Å². The highest BCUT2D eigenvalue weighted by atomic mass is 16.2. The summed E-state index contributed by atoms with van der Waals surface area (Å²) >= 11 is 0. The lowest BCUT2D eigenvalue weighted by molar-refractivity contribution is -0.949. The lowest BCUT2D eigenvalue weighted by Crippen LogP contribution is -2.62. The minimum atomic E-state index is -0.159. The fourth-order valence-corrected chi connectivity index (χ4v) is 5.45. The van der Waals surface area contributed by atoms with Gasteiger partial charge in [0, 0.05) is 13.6 Å². The fraction of sp³-hybridized carbons (Fsp3) is 0.886. The van der Waals surface area contributed by atoms with Gasteiger partial charge in [-0.1, -0.05) is 64.7 Å². The zero-order valence-corrected chi connectivity index (χ0v) is 32.3. The Kier molecular flexibility index (Phi) is 22.0. The second kappa shape index (κ2) is 23.1. The number of likely N-dealkylation sites (N-methyl/N-ethyl adjacent to an activating group) is 5. The standard InChI is InChI=1S/C35H72N8O4/c1-11-12-13-14-15-16-17-18-19-20-21-37-33(45)29-43(10,31-35(47)39-23-25-41(6,7)8)27-26-42(9,28-32(44)36-2)30-34(46)38-22-24-40(3,4)5/h11-31H2,1-10H3/p+4. The third-order valence-electron chi connectivity index (χ3n) is 8.62. The Morgan fingerprint density at radius 1 is 0.426 bits per heavy atom. The van der Waals surface area contributed by atoms with E-state index in [4.69, 9.17) is 0 Å². The molecule has 0 aromatic carbocycles. The average Bonchev–Trinajstić information content (AvgIpc) is 2.93. The molecule has 0 saturated carbocycles. The van der Waals surface area contributed by atoms with Crippen molar-refractivity contribution in [2.45, 2.75) is 71.1 Å². The molecule has 0 saturated heterocycles. The zero-order chi connectivity index (χ0) is 36.0. The Bertz CT molecular complexity index is 918. The largest absolute Gasteiger partial charge is 0.354 e. The summed E-state index contributed by atoms with van der Waals surface area (Å²) in [5.74, 6) is -0.470. The maximum atomic E-state index is 13.2. The molecule has 4 N–H and O–H groups in total. The Morgan fingerprint density at radius 3 is 1.09 bits per heavy atom. The topological polar surface area (TPSA) is 116 Å². The number of carbonyl (C=O) groups excluding carboxylic acids is 4. The quantitative estimate of drug-likeness (QED) is 0.0742. The molecule has 2 unspecified atom stereocenters. The van der Waals surface area contributed by atoms with Crippen LogP contribution >= 0.6 is 0 Å².